The van der Waals surface area contributed by atoms with Crippen molar-refractivity contribution in [2.75, 3.05) is 6.54 Å². The molecule has 0 aliphatic carbocycles. The van der Waals surface area contributed by atoms with Gasteiger partial charge in [-0.25, -0.2) is 4.98 Å². The van der Waals surface area contributed by atoms with E-state index in [1.165, 1.54) is 26.9 Å². The molecular formula is C30H29N3OS. The number of nitrogens with zero attached hydrogens (tertiary/aromatic N) is 3. The Morgan fingerprint density at radius 3 is 2.66 bits per heavy atom. The molecular weight excluding hydrogens is 450 g/mol. The first-order chi connectivity index (χ1) is 17.2. The van der Waals surface area contributed by atoms with Crippen molar-refractivity contribution in [1.29, 1.82) is 0 Å². The minimum Gasteiger partial charge on any atom is -0.340 e. The van der Waals surface area contributed by atoms with Crippen LogP contribution in [0.5, 0.6) is 0 Å². The van der Waals surface area contributed by atoms with Crippen molar-refractivity contribution < 1.29 is 4.79 Å². The molecule has 1 saturated heterocycles. The first kappa shape index (κ1) is 22.1. The van der Waals surface area contributed by atoms with Crippen LogP contribution in [0, 0.1) is 0 Å². The van der Waals surface area contributed by atoms with Crippen LogP contribution >= 0.6 is 11.3 Å². The Hall–Kier alpha value is -3.44. The van der Waals surface area contributed by atoms with Crippen molar-refractivity contribution in [3.8, 4) is 21.7 Å². The first-order valence-corrected chi connectivity index (χ1v) is 13.3. The smallest absolute Gasteiger partial charge is 0.223 e. The third-order valence-corrected chi connectivity index (χ3v) is 8.34. The van der Waals surface area contributed by atoms with Gasteiger partial charge in [0.1, 0.15) is 5.65 Å². The van der Waals surface area contributed by atoms with E-state index in [4.69, 9.17) is 4.98 Å². The first-order valence-electron chi connectivity index (χ1n) is 12.5. The highest BCUT2D eigenvalue weighted by atomic mass is 32.1. The topological polar surface area (TPSA) is 37.6 Å². The number of aromatic nitrogens is 2. The summed E-state index contributed by atoms with van der Waals surface area (Å²) in [6.45, 7) is 3.06. The number of hydrogen-bond acceptors (Lipinski definition) is 3. The lowest BCUT2D eigenvalue weighted by Gasteiger charge is -2.33. The van der Waals surface area contributed by atoms with Crippen LogP contribution in [-0.4, -0.2) is 32.8 Å². The predicted molar refractivity (Wildman–Crippen MR) is 145 cm³/mol. The van der Waals surface area contributed by atoms with Crippen LogP contribution < -0.4 is 0 Å². The molecule has 5 aromatic rings. The summed E-state index contributed by atoms with van der Waals surface area (Å²) < 4.78 is 3.49. The third-order valence-electron chi connectivity index (χ3n) is 7.17. The summed E-state index contributed by atoms with van der Waals surface area (Å²) >= 11 is 1.81. The van der Waals surface area contributed by atoms with Gasteiger partial charge in [-0.1, -0.05) is 48.5 Å². The second kappa shape index (κ2) is 9.31. The molecule has 2 aromatic carbocycles. The maximum atomic E-state index is 13.2. The Balaban J connectivity index is 1.39. The summed E-state index contributed by atoms with van der Waals surface area (Å²) in [6, 6.07) is 25.7. The molecule has 1 fully saturated rings. The summed E-state index contributed by atoms with van der Waals surface area (Å²) in [6.07, 6.45) is 6.81. The molecule has 0 N–H and O–H groups in total. The number of carbonyl (C=O) groups is 1. The summed E-state index contributed by atoms with van der Waals surface area (Å²) in [7, 11) is 0. The lowest BCUT2D eigenvalue weighted by molar-refractivity contribution is -0.134. The van der Waals surface area contributed by atoms with Crippen LogP contribution in [0.3, 0.4) is 0 Å². The van der Waals surface area contributed by atoms with Crippen molar-refractivity contribution in [2.24, 2.45) is 0 Å². The van der Waals surface area contributed by atoms with E-state index in [0.29, 0.717) is 18.9 Å². The average Bonchev–Trinajstić information content (AvgIpc) is 3.49. The Morgan fingerprint density at radius 1 is 1.00 bits per heavy atom. The molecule has 0 spiro atoms. The quantitative estimate of drug-likeness (QED) is 0.267. The van der Waals surface area contributed by atoms with E-state index in [1.807, 2.05) is 29.5 Å². The number of benzene rings is 2. The number of hydrogen-bond donors (Lipinski definition) is 0. The zero-order chi connectivity index (χ0) is 23.8. The van der Waals surface area contributed by atoms with E-state index >= 15 is 0 Å². The van der Waals surface area contributed by atoms with Crippen LogP contribution in [0.4, 0.5) is 0 Å². The van der Waals surface area contributed by atoms with E-state index < -0.39 is 0 Å². The van der Waals surface area contributed by atoms with Crippen LogP contribution in [0.2, 0.25) is 0 Å². The molecule has 5 heteroatoms. The van der Waals surface area contributed by atoms with Crippen LogP contribution in [0.25, 0.3) is 37.4 Å². The van der Waals surface area contributed by atoms with Crippen molar-refractivity contribution >= 4 is 33.0 Å². The Morgan fingerprint density at radius 2 is 1.83 bits per heavy atom. The highest BCUT2D eigenvalue weighted by Crippen LogP contribution is 2.35. The van der Waals surface area contributed by atoms with Crippen molar-refractivity contribution in [3.63, 3.8) is 0 Å². The third kappa shape index (κ3) is 4.25. The number of fused-ring (bicyclic) bond motifs is 2. The number of carbonyl (C=O) groups excluding carboxylic acids is 1. The summed E-state index contributed by atoms with van der Waals surface area (Å²) in [5, 5.41) is 1.27. The van der Waals surface area contributed by atoms with Gasteiger partial charge < -0.3 is 9.30 Å². The van der Waals surface area contributed by atoms with Gasteiger partial charge in [0.15, 0.2) is 0 Å². The fourth-order valence-electron chi connectivity index (χ4n) is 5.27. The van der Waals surface area contributed by atoms with Crippen LogP contribution in [0.1, 0.15) is 38.3 Å². The van der Waals surface area contributed by atoms with Crippen molar-refractivity contribution in [2.45, 2.75) is 45.1 Å². The average molecular weight is 480 g/mol. The van der Waals surface area contributed by atoms with Gasteiger partial charge in [0.05, 0.1) is 11.4 Å². The lowest BCUT2D eigenvalue weighted by Crippen LogP contribution is -2.42. The standard InChI is InChI=1S/C30H29N3OS/c1-21-9-7-8-18-32(21)29(34)17-15-25-30(22-10-3-2-4-11-22)31-28-16-14-24(20-33(25)28)27-19-23-12-5-6-13-26(23)35-27/h2-6,10-14,16,19-21H,7-9,15,17-18H2,1H3/t21-/m0/s1. The van der Waals surface area contributed by atoms with Gasteiger partial charge in [0, 0.05) is 45.9 Å². The highest BCUT2D eigenvalue weighted by molar-refractivity contribution is 7.22. The molecule has 1 atom stereocenters. The maximum Gasteiger partial charge on any atom is 0.223 e. The van der Waals surface area contributed by atoms with E-state index in [-0.39, 0.29) is 5.91 Å². The lowest BCUT2D eigenvalue weighted by atomic mass is 10.0. The van der Waals surface area contributed by atoms with Gasteiger partial charge in [-0.2, -0.15) is 0 Å². The van der Waals surface area contributed by atoms with Gasteiger partial charge >= 0.3 is 0 Å². The Kier molecular flexibility index (Phi) is 5.86. The van der Waals surface area contributed by atoms with Gasteiger partial charge in [0.2, 0.25) is 5.91 Å². The molecule has 1 aliphatic rings. The fraction of sp³-hybridized carbons (Fsp3) is 0.267. The second-order valence-electron chi connectivity index (χ2n) is 9.50. The summed E-state index contributed by atoms with van der Waals surface area (Å²) in [5.74, 6) is 0.256. The number of likely N-dealkylation sites (tertiary alicyclic amines) is 1. The van der Waals surface area contributed by atoms with Gasteiger partial charge in [-0.3, -0.25) is 4.79 Å². The summed E-state index contributed by atoms with van der Waals surface area (Å²) in [5.41, 5.74) is 5.26. The molecule has 176 valence electrons. The number of aryl methyl sites for hydroxylation is 1. The largest absolute Gasteiger partial charge is 0.340 e. The predicted octanol–water partition coefficient (Wildman–Crippen LogP) is 7.22. The van der Waals surface area contributed by atoms with Crippen molar-refractivity contribution in [3.05, 3.63) is 84.7 Å². The molecule has 0 unspecified atom stereocenters. The minimum absolute atomic E-state index is 0.256. The molecule has 6 rings (SSSR count). The van der Waals surface area contributed by atoms with E-state index in [9.17, 15) is 4.79 Å². The van der Waals surface area contributed by atoms with Gasteiger partial charge in [0.25, 0.3) is 0 Å². The second-order valence-corrected chi connectivity index (χ2v) is 10.6. The van der Waals surface area contributed by atoms with Crippen LogP contribution in [-0.2, 0) is 11.2 Å². The Bertz CT molecular complexity index is 1470. The maximum absolute atomic E-state index is 13.2. The Labute approximate surface area is 209 Å². The molecule has 0 saturated carbocycles. The number of thiophene rings is 1. The monoisotopic (exact) mass is 479 g/mol. The normalized spacial score (nSPS) is 16.3. The van der Waals surface area contributed by atoms with Crippen molar-refractivity contribution in [1.82, 2.24) is 14.3 Å². The minimum atomic E-state index is 0.256. The SMILES string of the molecule is C[C@H]1CCCCN1C(=O)CCc1c(-c2ccccc2)nc2ccc(-c3cc4ccccc4s3)cn12. The number of piperidine rings is 1. The molecule has 0 radical (unpaired) electrons. The fourth-order valence-corrected chi connectivity index (χ4v) is 6.32. The zero-order valence-corrected chi connectivity index (χ0v) is 20.8. The zero-order valence-electron chi connectivity index (χ0n) is 20.0. The number of amides is 1. The molecule has 0 bridgehead atoms. The van der Waals surface area contributed by atoms with E-state index in [1.54, 1.807) is 0 Å². The number of pyridine rings is 1. The molecule has 35 heavy (non-hydrogen) atoms. The molecule has 4 heterocycles. The molecule has 3 aromatic heterocycles. The van der Waals surface area contributed by atoms with Gasteiger partial charge in [-0.15, -0.1) is 11.3 Å². The summed E-state index contributed by atoms with van der Waals surface area (Å²) in [4.78, 5) is 21.5. The molecule has 4 nitrogen and oxygen atoms in total. The van der Waals surface area contributed by atoms with E-state index in [0.717, 1.165) is 42.0 Å². The number of imidazole rings is 1. The van der Waals surface area contributed by atoms with Crippen LogP contribution in [0.15, 0.2) is 79.0 Å². The number of rotatable bonds is 5. The molecule has 1 amide bonds. The highest BCUT2D eigenvalue weighted by Gasteiger charge is 2.24. The van der Waals surface area contributed by atoms with Gasteiger partial charge in [-0.05, 0) is 62.3 Å². The molecule has 1 aliphatic heterocycles. The van der Waals surface area contributed by atoms with E-state index in [2.05, 4.69) is 77.0 Å².